The highest BCUT2D eigenvalue weighted by molar-refractivity contribution is 7.89. The van der Waals surface area contributed by atoms with Gasteiger partial charge in [0.2, 0.25) is 15.9 Å². The zero-order valence-corrected chi connectivity index (χ0v) is 20.0. The van der Waals surface area contributed by atoms with E-state index in [4.69, 9.17) is 0 Å². The highest BCUT2D eigenvalue weighted by Crippen LogP contribution is 2.31. The minimum atomic E-state index is -3.93. The molecule has 0 saturated heterocycles. The van der Waals surface area contributed by atoms with Crippen molar-refractivity contribution in [1.82, 2.24) is 4.31 Å². The Bertz CT molecular complexity index is 1510. The minimum absolute atomic E-state index is 0.149. The average Bonchev–Trinajstić information content (AvgIpc) is 2.85. The van der Waals surface area contributed by atoms with Crippen LogP contribution in [0.1, 0.15) is 22.3 Å². The zero-order valence-electron chi connectivity index (χ0n) is 19.2. The summed E-state index contributed by atoms with van der Waals surface area (Å²) in [6.45, 7) is 4.04. The van der Waals surface area contributed by atoms with Crippen molar-refractivity contribution in [2.45, 2.75) is 37.8 Å². The van der Waals surface area contributed by atoms with Gasteiger partial charge >= 0.3 is 0 Å². The first-order valence-corrected chi connectivity index (χ1v) is 12.7. The Labute approximate surface area is 200 Å². The molecule has 5 rings (SSSR count). The Kier molecular flexibility index (Phi) is 5.71. The molecule has 6 heteroatoms. The van der Waals surface area contributed by atoms with E-state index in [1.807, 2.05) is 86.6 Å². The number of benzene rings is 4. The number of carbonyl (C=O) groups excluding carboxylic acids is 1. The molecular weight excluding hydrogens is 444 g/mol. The largest absolute Gasteiger partial charge is 0.324 e. The van der Waals surface area contributed by atoms with Gasteiger partial charge < -0.3 is 5.32 Å². The maximum absolute atomic E-state index is 13.9. The van der Waals surface area contributed by atoms with Crippen LogP contribution < -0.4 is 5.32 Å². The van der Waals surface area contributed by atoms with E-state index in [2.05, 4.69) is 5.32 Å². The molecule has 0 bridgehead atoms. The van der Waals surface area contributed by atoms with Crippen LogP contribution >= 0.6 is 0 Å². The lowest BCUT2D eigenvalue weighted by atomic mass is 9.95. The highest BCUT2D eigenvalue weighted by Gasteiger charge is 2.39. The summed E-state index contributed by atoms with van der Waals surface area (Å²) in [6.07, 6.45) is 0.319. The summed E-state index contributed by atoms with van der Waals surface area (Å²) >= 11 is 0. The molecule has 1 aliphatic heterocycles. The molecule has 1 unspecified atom stereocenters. The molecule has 0 fully saturated rings. The highest BCUT2D eigenvalue weighted by atomic mass is 32.2. The lowest BCUT2D eigenvalue weighted by Crippen LogP contribution is -2.50. The van der Waals surface area contributed by atoms with Gasteiger partial charge in [0.25, 0.3) is 0 Å². The Morgan fingerprint density at radius 3 is 2.35 bits per heavy atom. The fourth-order valence-electron chi connectivity index (χ4n) is 4.52. The van der Waals surface area contributed by atoms with Crippen LogP contribution in [0.5, 0.6) is 0 Å². The second-order valence-corrected chi connectivity index (χ2v) is 10.7. The first-order chi connectivity index (χ1) is 16.3. The number of hydrogen-bond acceptors (Lipinski definition) is 3. The van der Waals surface area contributed by atoms with E-state index >= 15 is 0 Å². The molecule has 1 aliphatic rings. The molecular formula is C28H26N2O3S. The van der Waals surface area contributed by atoms with Crippen LogP contribution in [0.3, 0.4) is 0 Å². The van der Waals surface area contributed by atoms with E-state index < -0.39 is 16.1 Å². The normalized spacial score (nSPS) is 16.2. The number of fused-ring (bicyclic) bond motifs is 2. The molecule has 4 aromatic rings. The summed E-state index contributed by atoms with van der Waals surface area (Å²) in [5.74, 6) is -0.326. The van der Waals surface area contributed by atoms with Crippen LogP contribution in [0.25, 0.3) is 10.8 Å². The summed E-state index contributed by atoms with van der Waals surface area (Å²) in [5, 5.41) is 4.80. The van der Waals surface area contributed by atoms with Crippen molar-refractivity contribution in [2.75, 3.05) is 5.32 Å². The number of nitrogens with one attached hydrogen (secondary N) is 1. The van der Waals surface area contributed by atoms with Gasteiger partial charge in [-0.05, 0) is 71.5 Å². The summed E-state index contributed by atoms with van der Waals surface area (Å²) in [6, 6.07) is 25.5. The molecule has 0 saturated carbocycles. The van der Waals surface area contributed by atoms with Crippen LogP contribution in [-0.4, -0.2) is 24.7 Å². The lowest BCUT2D eigenvalue weighted by Gasteiger charge is -2.35. The molecule has 0 aromatic heterocycles. The quantitative estimate of drug-likeness (QED) is 0.445. The number of rotatable bonds is 4. The van der Waals surface area contributed by atoms with Gasteiger partial charge in [-0.1, -0.05) is 66.7 Å². The Balaban J connectivity index is 1.55. The lowest BCUT2D eigenvalue weighted by molar-refractivity contribution is -0.120. The van der Waals surface area contributed by atoms with Crippen LogP contribution in [0.15, 0.2) is 89.8 Å². The van der Waals surface area contributed by atoms with Crippen LogP contribution in [0.4, 0.5) is 5.69 Å². The van der Waals surface area contributed by atoms with Crippen LogP contribution in [-0.2, 0) is 27.8 Å². The molecule has 0 spiro atoms. The molecule has 1 amide bonds. The van der Waals surface area contributed by atoms with Gasteiger partial charge in [-0.2, -0.15) is 4.31 Å². The second kappa shape index (κ2) is 8.70. The Morgan fingerprint density at radius 1 is 0.853 bits per heavy atom. The Hall–Kier alpha value is -3.48. The molecule has 5 nitrogen and oxygen atoms in total. The maximum atomic E-state index is 13.9. The number of aryl methyl sites for hydroxylation is 2. The van der Waals surface area contributed by atoms with Gasteiger partial charge in [-0.3, -0.25) is 4.79 Å². The van der Waals surface area contributed by atoms with Crippen molar-refractivity contribution < 1.29 is 13.2 Å². The predicted molar refractivity (Wildman–Crippen MR) is 135 cm³/mol. The Morgan fingerprint density at radius 2 is 1.56 bits per heavy atom. The number of amides is 1. The average molecular weight is 471 g/mol. The van der Waals surface area contributed by atoms with E-state index in [9.17, 15) is 13.2 Å². The third kappa shape index (κ3) is 4.11. The van der Waals surface area contributed by atoms with Crippen molar-refractivity contribution in [3.63, 3.8) is 0 Å². The SMILES string of the molecule is Cc1ccc(C)c(NC(=O)C2Cc3ccccc3CN2S(=O)(=O)c2ccc3ccccc3c2)c1. The van der Waals surface area contributed by atoms with Gasteiger partial charge in [0, 0.05) is 12.2 Å². The van der Waals surface area contributed by atoms with Crippen molar-refractivity contribution >= 4 is 32.4 Å². The molecule has 1 atom stereocenters. The molecule has 0 radical (unpaired) electrons. The van der Waals surface area contributed by atoms with Gasteiger partial charge in [-0.15, -0.1) is 0 Å². The number of hydrogen-bond donors (Lipinski definition) is 1. The van der Waals surface area contributed by atoms with E-state index in [0.717, 1.165) is 33.0 Å². The zero-order chi connectivity index (χ0) is 23.9. The molecule has 172 valence electrons. The molecule has 0 aliphatic carbocycles. The third-order valence-corrected chi connectivity index (χ3v) is 8.34. The topological polar surface area (TPSA) is 66.5 Å². The number of anilines is 1. The fraction of sp³-hybridized carbons (Fsp3) is 0.179. The monoisotopic (exact) mass is 470 g/mol. The molecule has 34 heavy (non-hydrogen) atoms. The molecule has 1 N–H and O–H groups in total. The number of carbonyl (C=O) groups is 1. The van der Waals surface area contributed by atoms with E-state index in [-0.39, 0.29) is 17.3 Å². The summed E-state index contributed by atoms with van der Waals surface area (Å²) in [7, 11) is -3.93. The van der Waals surface area contributed by atoms with Crippen molar-refractivity contribution in [1.29, 1.82) is 0 Å². The predicted octanol–water partition coefficient (Wildman–Crippen LogP) is 5.21. The van der Waals surface area contributed by atoms with Gasteiger partial charge in [-0.25, -0.2) is 8.42 Å². The van der Waals surface area contributed by atoms with Crippen LogP contribution in [0, 0.1) is 13.8 Å². The van der Waals surface area contributed by atoms with Crippen LogP contribution in [0.2, 0.25) is 0 Å². The smallest absolute Gasteiger partial charge is 0.244 e. The number of sulfonamides is 1. The maximum Gasteiger partial charge on any atom is 0.244 e. The van der Waals surface area contributed by atoms with E-state index in [1.165, 1.54) is 4.31 Å². The molecule has 4 aromatic carbocycles. The molecule has 1 heterocycles. The summed E-state index contributed by atoms with van der Waals surface area (Å²) < 4.78 is 29.1. The van der Waals surface area contributed by atoms with Crippen molar-refractivity contribution in [2.24, 2.45) is 0 Å². The minimum Gasteiger partial charge on any atom is -0.324 e. The first kappa shape index (κ1) is 22.3. The standard InChI is InChI=1S/C28H26N2O3S/c1-19-11-12-20(2)26(15-19)29-28(31)27-17-23-9-5-6-10-24(23)18-30(27)34(32,33)25-14-13-21-7-3-4-8-22(21)16-25/h3-16,27H,17-18H2,1-2H3,(H,29,31). The van der Waals surface area contributed by atoms with Gasteiger partial charge in [0.1, 0.15) is 6.04 Å². The second-order valence-electron chi connectivity index (χ2n) is 8.86. The third-order valence-electron chi connectivity index (χ3n) is 6.49. The fourth-order valence-corrected chi connectivity index (χ4v) is 6.13. The van der Waals surface area contributed by atoms with Crippen molar-refractivity contribution in [3.8, 4) is 0 Å². The summed E-state index contributed by atoms with van der Waals surface area (Å²) in [4.78, 5) is 13.7. The number of nitrogens with zero attached hydrogens (tertiary/aromatic N) is 1. The van der Waals surface area contributed by atoms with E-state index in [0.29, 0.717) is 12.1 Å². The summed E-state index contributed by atoms with van der Waals surface area (Å²) in [5.41, 5.74) is 4.57. The first-order valence-electron chi connectivity index (χ1n) is 11.3. The van der Waals surface area contributed by atoms with Gasteiger partial charge in [0.15, 0.2) is 0 Å². The van der Waals surface area contributed by atoms with Crippen molar-refractivity contribution in [3.05, 3.63) is 107 Å². The van der Waals surface area contributed by atoms with E-state index in [1.54, 1.807) is 12.1 Å². The van der Waals surface area contributed by atoms with Gasteiger partial charge in [0.05, 0.1) is 4.90 Å².